The van der Waals surface area contributed by atoms with Crippen molar-refractivity contribution in [2.24, 2.45) is 0 Å². The van der Waals surface area contributed by atoms with Crippen LogP contribution in [0.1, 0.15) is 50.2 Å². The van der Waals surface area contributed by atoms with E-state index in [-0.39, 0.29) is 16.9 Å². The van der Waals surface area contributed by atoms with Crippen LogP contribution in [0.25, 0.3) is 10.9 Å². The Morgan fingerprint density at radius 3 is 2.47 bits per heavy atom. The molecule has 0 bridgehead atoms. The number of piperazine rings is 1. The number of fused-ring (bicyclic) bond motifs is 1. The highest BCUT2D eigenvalue weighted by atomic mass is 19.1. The molecule has 8 nitrogen and oxygen atoms in total. The first-order chi connectivity index (χ1) is 17.3. The number of hydrogen-bond donors (Lipinski definition) is 1. The van der Waals surface area contributed by atoms with Gasteiger partial charge in [0.05, 0.1) is 5.54 Å². The van der Waals surface area contributed by atoms with Gasteiger partial charge in [-0.25, -0.2) is 9.07 Å². The van der Waals surface area contributed by atoms with Gasteiger partial charge in [-0.15, -0.1) is 5.10 Å². The molecule has 2 aromatic carbocycles. The lowest BCUT2D eigenvalue weighted by atomic mass is 9.98. The lowest BCUT2D eigenvalue weighted by Crippen LogP contribution is -2.49. The van der Waals surface area contributed by atoms with Gasteiger partial charge in [0.25, 0.3) is 5.56 Å². The van der Waals surface area contributed by atoms with Gasteiger partial charge in [-0.05, 0) is 85.0 Å². The van der Waals surface area contributed by atoms with Crippen LogP contribution in [0.4, 0.5) is 10.1 Å². The van der Waals surface area contributed by atoms with Crippen LogP contribution in [0.5, 0.6) is 0 Å². The molecule has 0 amide bonds. The summed E-state index contributed by atoms with van der Waals surface area (Å²) in [5, 5.41) is 13.8. The maximum Gasteiger partial charge on any atom is 0.253 e. The maximum absolute atomic E-state index is 13.5. The minimum Gasteiger partial charge on any atom is -0.369 e. The molecule has 188 valence electrons. The number of tetrazole rings is 1. The van der Waals surface area contributed by atoms with Crippen molar-refractivity contribution in [3.8, 4) is 0 Å². The lowest BCUT2D eigenvalue weighted by molar-refractivity contribution is 0.186. The third-order valence-corrected chi connectivity index (χ3v) is 7.37. The summed E-state index contributed by atoms with van der Waals surface area (Å²) >= 11 is 0. The number of aromatic nitrogens is 5. The first kappa shape index (κ1) is 24.1. The van der Waals surface area contributed by atoms with Crippen molar-refractivity contribution in [1.29, 1.82) is 0 Å². The molecule has 1 aliphatic heterocycles. The van der Waals surface area contributed by atoms with Crippen molar-refractivity contribution in [2.75, 3.05) is 31.1 Å². The average Bonchev–Trinajstić information content (AvgIpc) is 3.36. The van der Waals surface area contributed by atoms with Crippen LogP contribution in [0.2, 0.25) is 0 Å². The Hall–Kier alpha value is -3.59. The summed E-state index contributed by atoms with van der Waals surface area (Å²) in [6, 6.07) is 14.2. The summed E-state index contributed by atoms with van der Waals surface area (Å²) in [4.78, 5) is 21.1. The van der Waals surface area contributed by atoms with E-state index >= 15 is 0 Å². The molecular weight excluding hydrogens is 457 g/mol. The fourth-order valence-corrected chi connectivity index (χ4v) is 4.87. The van der Waals surface area contributed by atoms with Gasteiger partial charge >= 0.3 is 0 Å². The van der Waals surface area contributed by atoms with Crippen molar-refractivity contribution < 1.29 is 4.39 Å². The largest absolute Gasteiger partial charge is 0.369 e. The van der Waals surface area contributed by atoms with E-state index < -0.39 is 6.04 Å². The molecule has 0 unspecified atom stereocenters. The normalized spacial score (nSPS) is 16.0. The fourth-order valence-electron chi connectivity index (χ4n) is 4.87. The molecule has 1 atom stereocenters. The Labute approximate surface area is 209 Å². The molecule has 1 aliphatic rings. The summed E-state index contributed by atoms with van der Waals surface area (Å²) in [6.07, 6.45) is 0.837. The smallest absolute Gasteiger partial charge is 0.253 e. The molecule has 1 N–H and O–H groups in total. The number of rotatable bonds is 6. The van der Waals surface area contributed by atoms with E-state index in [9.17, 15) is 9.18 Å². The molecule has 3 heterocycles. The number of aryl methyl sites for hydroxylation is 1. The molecule has 0 radical (unpaired) electrons. The van der Waals surface area contributed by atoms with E-state index in [0.717, 1.165) is 41.7 Å². The molecule has 0 aliphatic carbocycles. The van der Waals surface area contributed by atoms with Gasteiger partial charge in [0.15, 0.2) is 5.82 Å². The second-order valence-electron chi connectivity index (χ2n) is 10.2. The number of aromatic amines is 1. The molecule has 4 aromatic rings. The van der Waals surface area contributed by atoms with Crippen LogP contribution in [0.3, 0.4) is 0 Å². The van der Waals surface area contributed by atoms with Crippen LogP contribution in [0.15, 0.2) is 53.3 Å². The van der Waals surface area contributed by atoms with E-state index in [1.54, 1.807) is 0 Å². The van der Waals surface area contributed by atoms with Crippen LogP contribution >= 0.6 is 0 Å². The van der Waals surface area contributed by atoms with Crippen molar-refractivity contribution in [3.05, 3.63) is 81.7 Å². The standard InChI is InChI=1S/C27H32FN7O/c1-5-27(3,4)35-25(30-31-32-35)24(22-17-19-7-6-18(2)16-23(19)29-26(22)36)34-14-12-33(13-15-34)21-10-8-20(28)9-11-21/h6-11,16-17,24H,5,12-15H2,1-4H3,(H,29,36)/t24-/m1/s1. The quantitative estimate of drug-likeness (QED) is 0.441. The molecule has 0 saturated carbocycles. The second kappa shape index (κ2) is 9.46. The SMILES string of the molecule is CCC(C)(C)n1nnnc1[C@@H](c1cc2ccc(C)cc2[nH]c1=O)N1CCN(c2ccc(F)cc2)CC1. The second-order valence-corrected chi connectivity index (χ2v) is 10.2. The molecule has 0 spiro atoms. The molecular formula is C27H32FN7O. The highest BCUT2D eigenvalue weighted by Crippen LogP contribution is 2.32. The summed E-state index contributed by atoms with van der Waals surface area (Å²) in [5.74, 6) is 0.419. The zero-order chi connectivity index (χ0) is 25.4. The molecule has 5 rings (SSSR count). The van der Waals surface area contributed by atoms with Crippen molar-refractivity contribution in [2.45, 2.75) is 45.7 Å². The van der Waals surface area contributed by atoms with E-state index in [2.05, 4.69) is 51.1 Å². The Balaban J connectivity index is 1.55. The van der Waals surface area contributed by atoms with Gasteiger partial charge in [-0.2, -0.15) is 0 Å². The number of halogens is 1. The number of H-pyrrole nitrogens is 1. The number of pyridine rings is 1. The third-order valence-electron chi connectivity index (χ3n) is 7.37. The van der Waals surface area contributed by atoms with Gasteiger partial charge in [-0.1, -0.05) is 19.1 Å². The van der Waals surface area contributed by atoms with Crippen LogP contribution < -0.4 is 10.5 Å². The van der Waals surface area contributed by atoms with Crippen molar-refractivity contribution in [1.82, 2.24) is 30.1 Å². The average molecular weight is 490 g/mol. The van der Waals surface area contributed by atoms with Gasteiger partial charge in [-0.3, -0.25) is 9.69 Å². The predicted octanol–water partition coefficient (Wildman–Crippen LogP) is 4.02. The lowest BCUT2D eigenvalue weighted by Gasteiger charge is -2.40. The van der Waals surface area contributed by atoms with Gasteiger partial charge in [0.1, 0.15) is 11.9 Å². The minimum atomic E-state index is -0.407. The molecule has 36 heavy (non-hydrogen) atoms. The van der Waals surface area contributed by atoms with E-state index in [1.807, 2.05) is 48.0 Å². The highest BCUT2D eigenvalue weighted by Gasteiger charge is 2.35. The molecule has 1 fully saturated rings. The maximum atomic E-state index is 13.5. The zero-order valence-corrected chi connectivity index (χ0v) is 21.2. The summed E-state index contributed by atoms with van der Waals surface area (Å²) in [5.41, 5.74) is 3.08. The van der Waals surface area contributed by atoms with Crippen molar-refractivity contribution in [3.63, 3.8) is 0 Å². The monoisotopic (exact) mass is 489 g/mol. The highest BCUT2D eigenvalue weighted by molar-refractivity contribution is 5.79. The first-order valence-corrected chi connectivity index (χ1v) is 12.4. The summed E-state index contributed by atoms with van der Waals surface area (Å²) in [7, 11) is 0. The van der Waals surface area contributed by atoms with Crippen LogP contribution in [-0.4, -0.2) is 56.3 Å². The van der Waals surface area contributed by atoms with E-state index in [1.165, 1.54) is 12.1 Å². The van der Waals surface area contributed by atoms with Gasteiger partial charge in [0.2, 0.25) is 0 Å². The molecule has 2 aromatic heterocycles. The number of nitrogens with zero attached hydrogens (tertiary/aromatic N) is 6. The minimum absolute atomic E-state index is 0.136. The van der Waals surface area contributed by atoms with Gasteiger partial charge < -0.3 is 9.88 Å². The number of anilines is 1. The number of nitrogens with one attached hydrogen (secondary N) is 1. The van der Waals surface area contributed by atoms with Gasteiger partial charge in [0, 0.05) is 42.9 Å². The van der Waals surface area contributed by atoms with Crippen LogP contribution in [-0.2, 0) is 5.54 Å². The first-order valence-electron chi connectivity index (χ1n) is 12.4. The summed E-state index contributed by atoms with van der Waals surface area (Å²) in [6.45, 7) is 11.2. The predicted molar refractivity (Wildman–Crippen MR) is 139 cm³/mol. The van der Waals surface area contributed by atoms with Crippen LogP contribution in [0, 0.1) is 12.7 Å². The molecule has 1 saturated heterocycles. The Morgan fingerprint density at radius 2 is 1.78 bits per heavy atom. The fraction of sp³-hybridized carbons (Fsp3) is 0.407. The Morgan fingerprint density at radius 1 is 1.06 bits per heavy atom. The number of hydrogen-bond acceptors (Lipinski definition) is 6. The van der Waals surface area contributed by atoms with Crippen molar-refractivity contribution >= 4 is 16.6 Å². The van der Waals surface area contributed by atoms with E-state index in [4.69, 9.17) is 0 Å². The number of benzene rings is 2. The molecule has 9 heteroatoms. The third kappa shape index (κ3) is 4.51. The summed E-state index contributed by atoms with van der Waals surface area (Å²) < 4.78 is 15.3. The Bertz CT molecular complexity index is 1420. The zero-order valence-electron chi connectivity index (χ0n) is 21.2. The topological polar surface area (TPSA) is 82.9 Å². The van der Waals surface area contributed by atoms with E-state index in [0.29, 0.717) is 24.5 Å². The Kier molecular flexibility index (Phi) is 6.34.